The van der Waals surface area contributed by atoms with Crippen molar-refractivity contribution >= 4 is 18.2 Å². The first-order valence-corrected chi connectivity index (χ1v) is 8.72. The Morgan fingerprint density at radius 3 is 2.33 bits per heavy atom. The molecule has 0 aliphatic rings. The molecule has 144 valence electrons. The molecule has 3 unspecified atom stereocenters. The predicted octanol–water partition coefficient (Wildman–Crippen LogP) is 2.89. The number of benzene rings is 2. The largest absolute Gasteiger partial charge is 0.389 e. The maximum Gasteiger partial charge on any atom is 0.191 e. The van der Waals surface area contributed by atoms with Crippen LogP contribution in [-0.4, -0.2) is 42.3 Å². The van der Waals surface area contributed by atoms with E-state index in [4.69, 9.17) is 11.2 Å². The van der Waals surface area contributed by atoms with E-state index in [9.17, 15) is 9.90 Å². The van der Waals surface area contributed by atoms with Crippen molar-refractivity contribution in [3.8, 4) is 12.3 Å². The van der Waals surface area contributed by atoms with Crippen LogP contribution in [0.4, 0.5) is 0 Å². The second-order valence-corrected chi connectivity index (χ2v) is 6.19. The number of terminal acetylenes is 1. The molecule has 2 aromatic carbocycles. The molecule has 27 heavy (non-hydrogen) atoms. The number of hydrogen-bond acceptors (Lipinski definition) is 4. The summed E-state index contributed by atoms with van der Waals surface area (Å²) in [4.78, 5) is 12.8. The lowest BCUT2D eigenvalue weighted by molar-refractivity contribution is -0.00192. The third kappa shape index (κ3) is 7.94. The third-order valence-electron chi connectivity index (χ3n) is 4.01. The maximum atomic E-state index is 12.8. The molecule has 0 aliphatic carbocycles. The van der Waals surface area contributed by atoms with Crippen molar-refractivity contribution in [1.29, 1.82) is 0 Å². The topological polar surface area (TPSA) is 58.6 Å². The minimum Gasteiger partial charge on any atom is -0.389 e. The molecule has 0 radical (unpaired) electrons. The number of aliphatic hydroxyl groups is 1. The van der Waals surface area contributed by atoms with E-state index < -0.39 is 12.2 Å². The number of aliphatic hydroxyl groups excluding tert-OH is 1. The van der Waals surface area contributed by atoms with Gasteiger partial charge in [-0.05, 0) is 12.5 Å². The van der Waals surface area contributed by atoms with Crippen LogP contribution in [0.15, 0.2) is 60.7 Å². The fourth-order valence-electron chi connectivity index (χ4n) is 2.50. The first kappa shape index (κ1) is 22.9. The van der Waals surface area contributed by atoms with E-state index >= 15 is 0 Å². The van der Waals surface area contributed by atoms with Gasteiger partial charge in [0.2, 0.25) is 0 Å². The molecule has 0 spiro atoms. The molecule has 5 heteroatoms. The summed E-state index contributed by atoms with van der Waals surface area (Å²) in [6, 6.07) is 18.6. The fourth-order valence-corrected chi connectivity index (χ4v) is 2.50. The van der Waals surface area contributed by atoms with Gasteiger partial charge in [0.05, 0.1) is 18.8 Å². The van der Waals surface area contributed by atoms with Crippen LogP contribution in [0.5, 0.6) is 0 Å². The SMILES string of the molecule is C#CC(C)NCC(O)COC(Cc1ccccc1)C(=O)c1ccccc1.Cl. The van der Waals surface area contributed by atoms with Gasteiger partial charge in [-0.2, -0.15) is 0 Å². The summed E-state index contributed by atoms with van der Waals surface area (Å²) in [5.74, 6) is 2.45. The number of ether oxygens (including phenoxy) is 1. The second kappa shape index (κ2) is 12.3. The maximum absolute atomic E-state index is 12.8. The Kier molecular flexibility index (Phi) is 10.4. The molecule has 0 aromatic heterocycles. The molecule has 4 nitrogen and oxygen atoms in total. The van der Waals surface area contributed by atoms with Crippen LogP contribution in [0.1, 0.15) is 22.8 Å². The average molecular weight is 388 g/mol. The van der Waals surface area contributed by atoms with Crippen LogP contribution in [0.3, 0.4) is 0 Å². The van der Waals surface area contributed by atoms with Crippen LogP contribution < -0.4 is 5.32 Å². The molecule has 0 aliphatic heterocycles. The molecule has 0 heterocycles. The summed E-state index contributed by atoms with van der Waals surface area (Å²) in [6.45, 7) is 2.20. The minimum atomic E-state index is -0.743. The molecule has 0 saturated carbocycles. The Morgan fingerprint density at radius 1 is 1.15 bits per heavy atom. The normalized spacial score (nSPS) is 13.7. The monoisotopic (exact) mass is 387 g/mol. The first-order chi connectivity index (χ1) is 12.6. The van der Waals surface area contributed by atoms with Gasteiger partial charge in [-0.3, -0.25) is 4.79 Å². The van der Waals surface area contributed by atoms with Gasteiger partial charge in [0.1, 0.15) is 6.10 Å². The van der Waals surface area contributed by atoms with E-state index in [1.165, 1.54) is 0 Å². The third-order valence-corrected chi connectivity index (χ3v) is 4.01. The Bertz CT molecular complexity index is 715. The highest BCUT2D eigenvalue weighted by Crippen LogP contribution is 2.13. The zero-order chi connectivity index (χ0) is 18.8. The molecule has 0 amide bonds. The van der Waals surface area contributed by atoms with Gasteiger partial charge in [-0.25, -0.2) is 0 Å². The van der Waals surface area contributed by atoms with Crippen molar-refractivity contribution in [2.45, 2.75) is 31.6 Å². The fraction of sp³-hybridized carbons (Fsp3) is 0.318. The lowest BCUT2D eigenvalue weighted by atomic mass is 10.00. The molecule has 2 N–H and O–H groups in total. The quantitative estimate of drug-likeness (QED) is 0.486. The van der Waals surface area contributed by atoms with Gasteiger partial charge in [0.15, 0.2) is 5.78 Å². The Hall–Kier alpha value is -2.16. The lowest BCUT2D eigenvalue weighted by Crippen LogP contribution is -2.37. The average Bonchev–Trinajstić information content (AvgIpc) is 2.70. The van der Waals surface area contributed by atoms with Crippen molar-refractivity contribution in [1.82, 2.24) is 5.32 Å². The molecule has 3 atom stereocenters. The number of Topliss-reactive ketones (excluding diaryl/α,β-unsaturated/α-hetero) is 1. The van der Waals surface area contributed by atoms with E-state index in [2.05, 4.69) is 11.2 Å². The van der Waals surface area contributed by atoms with Crippen LogP contribution in [0, 0.1) is 12.3 Å². The van der Waals surface area contributed by atoms with Crippen LogP contribution in [0.25, 0.3) is 0 Å². The molecule has 2 aromatic rings. The van der Waals surface area contributed by atoms with E-state index in [1.807, 2.05) is 55.5 Å². The van der Waals surface area contributed by atoms with E-state index in [1.54, 1.807) is 12.1 Å². The molecule has 0 fully saturated rings. The highest BCUT2D eigenvalue weighted by Gasteiger charge is 2.22. The number of carbonyl (C=O) groups is 1. The molecule has 0 saturated heterocycles. The summed E-state index contributed by atoms with van der Waals surface area (Å²) in [6.07, 6.45) is 4.36. The van der Waals surface area contributed by atoms with Gasteiger partial charge in [-0.15, -0.1) is 18.8 Å². The van der Waals surface area contributed by atoms with Crippen molar-refractivity contribution < 1.29 is 14.6 Å². The molecular formula is C22H26ClNO3. The number of ketones is 1. The van der Waals surface area contributed by atoms with E-state index in [-0.39, 0.29) is 30.8 Å². The number of rotatable bonds is 10. The van der Waals surface area contributed by atoms with E-state index in [0.29, 0.717) is 18.5 Å². The zero-order valence-electron chi connectivity index (χ0n) is 15.4. The molecule has 0 bridgehead atoms. The molecular weight excluding hydrogens is 362 g/mol. The molecule has 2 rings (SSSR count). The van der Waals surface area contributed by atoms with Gasteiger partial charge in [0.25, 0.3) is 0 Å². The minimum absolute atomic E-state index is 0. The first-order valence-electron chi connectivity index (χ1n) is 8.72. The van der Waals surface area contributed by atoms with Gasteiger partial charge in [0, 0.05) is 18.5 Å². The van der Waals surface area contributed by atoms with Crippen LogP contribution in [0.2, 0.25) is 0 Å². The number of halogens is 1. The standard InChI is InChI=1S/C22H25NO3.ClH/c1-3-17(2)23-15-20(24)16-26-21(14-18-10-6-4-7-11-18)22(25)19-12-8-5-9-13-19;/h1,4-13,17,20-21,23-24H,14-16H2,2H3;1H. The van der Waals surface area contributed by atoms with Gasteiger partial charge >= 0.3 is 0 Å². The lowest BCUT2D eigenvalue weighted by Gasteiger charge is -2.20. The Balaban J connectivity index is 0.00000364. The van der Waals surface area contributed by atoms with Crippen LogP contribution in [-0.2, 0) is 11.2 Å². The number of hydrogen-bond donors (Lipinski definition) is 2. The number of carbonyl (C=O) groups excluding carboxylic acids is 1. The van der Waals surface area contributed by atoms with E-state index in [0.717, 1.165) is 5.56 Å². The number of nitrogens with one attached hydrogen (secondary N) is 1. The van der Waals surface area contributed by atoms with Gasteiger partial charge < -0.3 is 15.2 Å². The highest BCUT2D eigenvalue weighted by molar-refractivity contribution is 5.99. The summed E-state index contributed by atoms with van der Waals surface area (Å²) >= 11 is 0. The summed E-state index contributed by atoms with van der Waals surface area (Å²) in [7, 11) is 0. The predicted molar refractivity (Wildman–Crippen MR) is 110 cm³/mol. The van der Waals surface area contributed by atoms with Gasteiger partial charge in [-0.1, -0.05) is 66.6 Å². The summed E-state index contributed by atoms with van der Waals surface area (Å²) in [5, 5.41) is 13.1. The van der Waals surface area contributed by atoms with Crippen LogP contribution >= 0.6 is 12.4 Å². The van der Waals surface area contributed by atoms with Crippen molar-refractivity contribution in [2.75, 3.05) is 13.2 Å². The van der Waals surface area contributed by atoms with Crippen molar-refractivity contribution in [3.63, 3.8) is 0 Å². The van der Waals surface area contributed by atoms with Crippen molar-refractivity contribution in [3.05, 3.63) is 71.8 Å². The smallest absolute Gasteiger partial charge is 0.191 e. The Morgan fingerprint density at radius 2 is 1.74 bits per heavy atom. The summed E-state index contributed by atoms with van der Waals surface area (Å²) in [5.41, 5.74) is 1.61. The highest BCUT2D eigenvalue weighted by atomic mass is 35.5. The van der Waals surface area contributed by atoms with Crippen molar-refractivity contribution in [2.24, 2.45) is 0 Å². The zero-order valence-corrected chi connectivity index (χ0v) is 16.2. The Labute approximate surface area is 167 Å². The summed E-state index contributed by atoms with van der Waals surface area (Å²) < 4.78 is 5.80. The second-order valence-electron chi connectivity index (χ2n) is 6.19.